The van der Waals surface area contributed by atoms with Gasteiger partial charge in [-0.15, -0.1) is 0 Å². The lowest BCUT2D eigenvalue weighted by Crippen LogP contribution is -2.42. The van der Waals surface area contributed by atoms with Crippen molar-refractivity contribution < 1.29 is 4.79 Å². The van der Waals surface area contributed by atoms with Crippen LogP contribution in [0.4, 0.5) is 4.79 Å². The molecule has 0 aromatic heterocycles. The summed E-state index contributed by atoms with van der Waals surface area (Å²) in [6.07, 6.45) is 3.60. The number of amides is 2. The lowest BCUT2D eigenvalue weighted by Gasteiger charge is -2.15. The predicted octanol–water partition coefficient (Wildman–Crippen LogP) is 1.27. The summed E-state index contributed by atoms with van der Waals surface area (Å²) in [6.45, 7) is 0. The molecule has 1 saturated carbocycles. The molecule has 0 heterocycles. The zero-order valence-electron chi connectivity index (χ0n) is 6.56. The minimum Gasteiger partial charge on any atom is -0.341 e. The van der Waals surface area contributed by atoms with Crippen molar-refractivity contribution in [3.8, 4) is 0 Å². The summed E-state index contributed by atoms with van der Waals surface area (Å²) in [5, 5.41) is 5.48. The van der Waals surface area contributed by atoms with Crippen molar-refractivity contribution in [2.45, 2.75) is 29.2 Å². The molecule has 3 nitrogen and oxygen atoms in total. The maximum absolute atomic E-state index is 10.9. The first kappa shape index (κ1) is 9.09. The molecule has 4 heteroatoms. The zero-order valence-corrected chi connectivity index (χ0v) is 8.72. The highest BCUT2D eigenvalue weighted by atomic mass is 127. The largest absolute Gasteiger partial charge is 0.341 e. The molecule has 1 aliphatic carbocycles. The van der Waals surface area contributed by atoms with E-state index < -0.39 is 0 Å². The quantitative estimate of drug-likeness (QED) is 0.545. The third-order valence-corrected chi connectivity index (χ3v) is 3.47. The van der Waals surface area contributed by atoms with Crippen LogP contribution < -0.4 is 10.6 Å². The monoisotopic (exact) mass is 268 g/mol. The van der Waals surface area contributed by atoms with Crippen molar-refractivity contribution in [1.82, 2.24) is 10.6 Å². The van der Waals surface area contributed by atoms with E-state index in [1.54, 1.807) is 7.05 Å². The van der Waals surface area contributed by atoms with Gasteiger partial charge in [-0.25, -0.2) is 4.79 Å². The molecule has 2 atom stereocenters. The molecule has 2 amide bonds. The molecule has 1 rings (SSSR count). The van der Waals surface area contributed by atoms with Gasteiger partial charge in [0.25, 0.3) is 0 Å². The van der Waals surface area contributed by atoms with E-state index in [1.807, 2.05) is 0 Å². The van der Waals surface area contributed by atoms with Gasteiger partial charge in [-0.2, -0.15) is 0 Å². The summed E-state index contributed by atoms with van der Waals surface area (Å²) < 4.78 is 0.616. The van der Waals surface area contributed by atoms with Crippen molar-refractivity contribution in [2.24, 2.45) is 0 Å². The van der Waals surface area contributed by atoms with Crippen molar-refractivity contribution in [3.05, 3.63) is 0 Å². The number of rotatable bonds is 1. The van der Waals surface area contributed by atoms with Crippen molar-refractivity contribution in [3.63, 3.8) is 0 Å². The number of carbonyl (C=O) groups is 1. The molecule has 1 aliphatic rings. The average Bonchev–Trinajstić information content (AvgIpc) is 2.37. The van der Waals surface area contributed by atoms with E-state index in [1.165, 1.54) is 12.8 Å². The van der Waals surface area contributed by atoms with Crippen LogP contribution in [0.25, 0.3) is 0 Å². The molecule has 2 unspecified atom stereocenters. The fourth-order valence-electron chi connectivity index (χ4n) is 1.32. The Morgan fingerprint density at radius 2 is 2.27 bits per heavy atom. The van der Waals surface area contributed by atoms with Crippen LogP contribution in [0, 0.1) is 0 Å². The summed E-state index contributed by atoms with van der Waals surface area (Å²) in [5.74, 6) is 0. The minimum absolute atomic E-state index is 0.0569. The first-order valence-electron chi connectivity index (χ1n) is 3.86. The van der Waals surface area contributed by atoms with Crippen LogP contribution in [-0.4, -0.2) is 23.0 Å². The Kier molecular flexibility index (Phi) is 3.42. The third kappa shape index (κ3) is 2.50. The molecule has 0 aromatic carbocycles. The highest BCUT2D eigenvalue weighted by Gasteiger charge is 2.25. The van der Waals surface area contributed by atoms with Gasteiger partial charge < -0.3 is 10.6 Å². The van der Waals surface area contributed by atoms with Gasteiger partial charge in [0.05, 0.1) is 0 Å². The smallest absolute Gasteiger partial charge is 0.314 e. The van der Waals surface area contributed by atoms with Gasteiger partial charge in [-0.05, 0) is 12.8 Å². The van der Waals surface area contributed by atoms with E-state index in [9.17, 15) is 4.79 Å². The summed E-state index contributed by atoms with van der Waals surface area (Å²) in [4.78, 5) is 10.9. The number of nitrogens with one attached hydrogen (secondary N) is 2. The van der Waals surface area contributed by atoms with Crippen molar-refractivity contribution in [2.75, 3.05) is 7.05 Å². The topological polar surface area (TPSA) is 41.1 Å². The number of carbonyl (C=O) groups excluding carboxylic acids is 1. The molecule has 0 saturated heterocycles. The van der Waals surface area contributed by atoms with Crippen LogP contribution in [0.15, 0.2) is 0 Å². The average molecular weight is 268 g/mol. The van der Waals surface area contributed by atoms with Crippen LogP contribution >= 0.6 is 22.6 Å². The van der Waals surface area contributed by atoms with E-state index in [2.05, 4.69) is 33.2 Å². The lowest BCUT2D eigenvalue weighted by atomic mass is 10.2. The van der Waals surface area contributed by atoms with Crippen LogP contribution in [0.2, 0.25) is 0 Å². The minimum atomic E-state index is -0.0569. The molecule has 0 aromatic rings. The van der Waals surface area contributed by atoms with Crippen LogP contribution in [0.1, 0.15) is 19.3 Å². The second-order valence-corrected chi connectivity index (χ2v) is 4.38. The Hall–Kier alpha value is 0. The standard InChI is InChI=1S/C7H13IN2O/c1-9-7(11)10-6-4-2-3-5(6)8/h5-6H,2-4H2,1H3,(H2,9,10,11). The first-order chi connectivity index (χ1) is 5.24. The number of alkyl halides is 1. The molecule has 64 valence electrons. The Morgan fingerprint density at radius 1 is 1.55 bits per heavy atom. The van der Waals surface area contributed by atoms with E-state index in [0.29, 0.717) is 9.97 Å². The van der Waals surface area contributed by atoms with Gasteiger partial charge in [-0.3, -0.25) is 0 Å². The molecule has 0 spiro atoms. The van der Waals surface area contributed by atoms with Crippen molar-refractivity contribution >= 4 is 28.6 Å². The molecule has 2 N–H and O–H groups in total. The highest BCUT2D eigenvalue weighted by Crippen LogP contribution is 2.25. The SMILES string of the molecule is CNC(=O)NC1CCCC1I. The van der Waals surface area contributed by atoms with E-state index in [0.717, 1.165) is 6.42 Å². The van der Waals surface area contributed by atoms with Crippen LogP contribution in [0.5, 0.6) is 0 Å². The third-order valence-electron chi connectivity index (χ3n) is 1.98. The Bertz CT molecular complexity index is 151. The molecule has 1 fully saturated rings. The number of hydrogen-bond donors (Lipinski definition) is 2. The number of halogens is 1. The van der Waals surface area contributed by atoms with E-state index >= 15 is 0 Å². The molecule has 0 radical (unpaired) electrons. The molecular weight excluding hydrogens is 255 g/mol. The van der Waals surface area contributed by atoms with Gasteiger partial charge in [-0.1, -0.05) is 29.0 Å². The summed E-state index contributed by atoms with van der Waals surface area (Å²) in [6, 6.07) is 0.328. The Balaban J connectivity index is 2.30. The molecular formula is C7H13IN2O. The predicted molar refractivity (Wildman–Crippen MR) is 53.0 cm³/mol. The molecule has 11 heavy (non-hydrogen) atoms. The van der Waals surface area contributed by atoms with Crippen molar-refractivity contribution in [1.29, 1.82) is 0 Å². The van der Waals surface area contributed by atoms with Gasteiger partial charge in [0, 0.05) is 17.0 Å². The van der Waals surface area contributed by atoms with E-state index in [-0.39, 0.29) is 6.03 Å². The van der Waals surface area contributed by atoms with E-state index in [4.69, 9.17) is 0 Å². The van der Waals surface area contributed by atoms with Gasteiger partial charge in [0.2, 0.25) is 0 Å². The molecule has 0 bridgehead atoms. The van der Waals surface area contributed by atoms with Gasteiger partial charge in [0.1, 0.15) is 0 Å². The second-order valence-electron chi connectivity index (χ2n) is 2.78. The second kappa shape index (κ2) is 4.13. The highest BCUT2D eigenvalue weighted by molar-refractivity contribution is 14.1. The van der Waals surface area contributed by atoms with Crippen LogP contribution in [-0.2, 0) is 0 Å². The summed E-state index contributed by atoms with van der Waals surface area (Å²) in [5.41, 5.74) is 0. The zero-order chi connectivity index (χ0) is 8.27. The van der Waals surface area contributed by atoms with Gasteiger partial charge in [0.15, 0.2) is 0 Å². The Labute approximate surface area is 80.4 Å². The number of urea groups is 1. The Morgan fingerprint density at radius 3 is 2.73 bits per heavy atom. The summed E-state index contributed by atoms with van der Waals surface area (Å²) in [7, 11) is 1.65. The molecule has 0 aliphatic heterocycles. The lowest BCUT2D eigenvalue weighted by molar-refractivity contribution is 0.239. The summed E-state index contributed by atoms with van der Waals surface area (Å²) >= 11 is 2.40. The maximum atomic E-state index is 10.9. The normalized spacial score (nSPS) is 30.0. The fraction of sp³-hybridized carbons (Fsp3) is 0.857. The first-order valence-corrected chi connectivity index (χ1v) is 5.11. The fourth-order valence-corrected chi connectivity index (χ4v) is 2.30. The maximum Gasteiger partial charge on any atom is 0.314 e. The number of hydrogen-bond acceptors (Lipinski definition) is 1. The van der Waals surface area contributed by atoms with Crippen LogP contribution in [0.3, 0.4) is 0 Å². The van der Waals surface area contributed by atoms with Gasteiger partial charge >= 0.3 is 6.03 Å².